The second kappa shape index (κ2) is 5.96. The molecule has 1 aromatic rings. The summed E-state index contributed by atoms with van der Waals surface area (Å²) in [4.78, 5) is 25.2. The number of nitrogens with one attached hydrogen (secondary N) is 1. The van der Waals surface area contributed by atoms with Gasteiger partial charge in [-0.1, -0.05) is 13.8 Å². The number of nitro groups is 1. The number of rotatable bonds is 5. The third-order valence-electron chi connectivity index (χ3n) is 2.66. The van der Waals surface area contributed by atoms with Crippen molar-refractivity contribution in [2.75, 3.05) is 5.32 Å². The number of nitrogens with zero attached hydrogens (tertiary/aromatic N) is 2. The molecule has 19 heavy (non-hydrogen) atoms. The van der Waals surface area contributed by atoms with Crippen molar-refractivity contribution < 1.29 is 14.8 Å². The Bertz CT molecular complexity index is 519. The van der Waals surface area contributed by atoms with Crippen LogP contribution in [0.2, 0.25) is 0 Å². The smallest absolute Gasteiger partial charge is 0.326 e. The Morgan fingerprint density at radius 2 is 2.16 bits per heavy atom. The normalized spacial score (nSPS) is 12.3. The fourth-order valence-corrected chi connectivity index (χ4v) is 1.93. The molecule has 0 saturated carbocycles. The van der Waals surface area contributed by atoms with E-state index in [0.717, 1.165) is 6.20 Å². The average molecular weight is 332 g/mol. The summed E-state index contributed by atoms with van der Waals surface area (Å²) in [6.45, 7) is 5.09. The van der Waals surface area contributed by atoms with Gasteiger partial charge in [0.05, 0.1) is 9.40 Å². The minimum Gasteiger partial charge on any atom is -0.480 e. The second-order valence-electron chi connectivity index (χ2n) is 4.39. The van der Waals surface area contributed by atoms with Crippen LogP contribution in [0.3, 0.4) is 0 Å². The molecule has 0 aliphatic rings. The quantitative estimate of drug-likeness (QED) is 0.634. The molecule has 104 valence electrons. The highest BCUT2D eigenvalue weighted by Gasteiger charge is 2.24. The summed E-state index contributed by atoms with van der Waals surface area (Å²) in [6.07, 6.45) is 1.11. The van der Waals surface area contributed by atoms with Gasteiger partial charge in [-0.3, -0.25) is 10.1 Å². The van der Waals surface area contributed by atoms with Gasteiger partial charge < -0.3 is 10.4 Å². The third-order valence-corrected chi connectivity index (χ3v) is 3.63. The predicted molar refractivity (Wildman–Crippen MR) is 73.2 cm³/mol. The van der Waals surface area contributed by atoms with Crippen LogP contribution in [0, 0.1) is 23.0 Å². The zero-order chi connectivity index (χ0) is 14.7. The molecule has 1 atom stereocenters. The first-order valence-electron chi connectivity index (χ1n) is 5.54. The van der Waals surface area contributed by atoms with Gasteiger partial charge >= 0.3 is 5.97 Å². The van der Waals surface area contributed by atoms with Gasteiger partial charge in [0.15, 0.2) is 0 Å². The summed E-state index contributed by atoms with van der Waals surface area (Å²) in [5, 5.41) is 22.6. The summed E-state index contributed by atoms with van der Waals surface area (Å²) in [6, 6.07) is -0.815. The fraction of sp³-hybridized carbons (Fsp3) is 0.455. The molecule has 1 aromatic heterocycles. The summed E-state index contributed by atoms with van der Waals surface area (Å²) in [7, 11) is 0. The van der Waals surface area contributed by atoms with Gasteiger partial charge in [0.2, 0.25) is 0 Å². The maximum Gasteiger partial charge on any atom is 0.326 e. The number of carboxylic acid groups (broad SMARTS) is 1. The zero-order valence-corrected chi connectivity index (χ0v) is 12.3. The van der Waals surface area contributed by atoms with Gasteiger partial charge in [0.25, 0.3) is 5.69 Å². The first-order valence-corrected chi connectivity index (χ1v) is 6.33. The van der Waals surface area contributed by atoms with E-state index in [2.05, 4.69) is 26.2 Å². The first-order chi connectivity index (χ1) is 8.75. The van der Waals surface area contributed by atoms with Crippen LogP contribution in [0.4, 0.5) is 11.5 Å². The standard InChI is InChI=1S/C11H14BrN3O4/c1-5(2)9(11(16)17)14-10-8(12)6(3)7(4-13-10)15(18)19/h4-5,9H,1-3H3,(H,13,14)(H,16,17)/t9-/m1/s1. The van der Waals surface area contributed by atoms with Gasteiger partial charge in [-0.15, -0.1) is 0 Å². The van der Waals surface area contributed by atoms with Crippen LogP contribution in [-0.4, -0.2) is 27.0 Å². The van der Waals surface area contributed by atoms with E-state index < -0.39 is 16.9 Å². The monoisotopic (exact) mass is 331 g/mol. The van der Waals surface area contributed by atoms with Crippen LogP contribution in [-0.2, 0) is 4.79 Å². The fourth-order valence-electron chi connectivity index (χ4n) is 1.51. The molecule has 0 aliphatic heterocycles. The largest absolute Gasteiger partial charge is 0.480 e. The minimum absolute atomic E-state index is 0.117. The Labute approximate surface area is 118 Å². The van der Waals surface area contributed by atoms with Crippen molar-refractivity contribution in [3.8, 4) is 0 Å². The van der Waals surface area contributed by atoms with Crippen molar-refractivity contribution in [3.63, 3.8) is 0 Å². The molecule has 8 heteroatoms. The number of aliphatic carboxylic acids is 1. The van der Waals surface area contributed by atoms with E-state index in [4.69, 9.17) is 5.11 Å². The van der Waals surface area contributed by atoms with Crippen LogP contribution < -0.4 is 5.32 Å². The van der Waals surface area contributed by atoms with Gasteiger partial charge in [0, 0.05) is 5.56 Å². The van der Waals surface area contributed by atoms with Crippen molar-refractivity contribution in [3.05, 3.63) is 26.3 Å². The number of carbonyl (C=O) groups is 1. The highest BCUT2D eigenvalue weighted by atomic mass is 79.9. The van der Waals surface area contributed by atoms with Crippen molar-refractivity contribution >= 4 is 33.4 Å². The molecule has 1 rings (SSSR count). The van der Waals surface area contributed by atoms with Crippen LogP contribution in [0.25, 0.3) is 0 Å². The number of aromatic nitrogens is 1. The van der Waals surface area contributed by atoms with E-state index in [1.54, 1.807) is 20.8 Å². The first kappa shape index (κ1) is 15.4. The molecule has 0 bridgehead atoms. The molecule has 0 saturated heterocycles. The molecule has 2 N–H and O–H groups in total. The van der Waals surface area contributed by atoms with Gasteiger partial charge in [-0.2, -0.15) is 0 Å². The number of hydrogen-bond acceptors (Lipinski definition) is 5. The molecule has 0 aromatic carbocycles. The van der Waals surface area contributed by atoms with Gasteiger partial charge in [0.1, 0.15) is 18.1 Å². The lowest BCUT2D eigenvalue weighted by Gasteiger charge is -2.19. The number of anilines is 1. The highest BCUT2D eigenvalue weighted by Crippen LogP contribution is 2.31. The summed E-state index contributed by atoms with van der Waals surface area (Å²) >= 11 is 3.20. The Kier molecular flexibility index (Phi) is 4.82. The topological polar surface area (TPSA) is 105 Å². The number of carboxylic acids is 1. The zero-order valence-electron chi connectivity index (χ0n) is 10.7. The van der Waals surface area contributed by atoms with Crippen LogP contribution in [0.1, 0.15) is 19.4 Å². The van der Waals surface area contributed by atoms with Crippen molar-refractivity contribution in [1.29, 1.82) is 0 Å². The average Bonchev–Trinajstić information content (AvgIpc) is 2.29. The van der Waals surface area contributed by atoms with E-state index in [1.807, 2.05) is 0 Å². The van der Waals surface area contributed by atoms with Gasteiger partial charge in [-0.25, -0.2) is 9.78 Å². The molecule has 0 fully saturated rings. The number of pyridine rings is 1. The lowest BCUT2D eigenvalue weighted by Crippen LogP contribution is -2.34. The summed E-state index contributed by atoms with van der Waals surface area (Å²) in [5.41, 5.74) is 0.282. The Morgan fingerprint density at radius 1 is 1.58 bits per heavy atom. The van der Waals surface area contributed by atoms with E-state index in [1.165, 1.54) is 0 Å². The minimum atomic E-state index is -1.00. The molecule has 0 unspecified atom stereocenters. The second-order valence-corrected chi connectivity index (χ2v) is 5.19. The van der Waals surface area contributed by atoms with E-state index in [0.29, 0.717) is 10.0 Å². The molecule has 0 aliphatic carbocycles. The predicted octanol–water partition coefficient (Wildman–Crippen LogP) is 2.58. The molecular formula is C11H14BrN3O4. The maximum absolute atomic E-state index is 11.1. The number of halogens is 1. The molecular weight excluding hydrogens is 318 g/mol. The molecule has 1 heterocycles. The van der Waals surface area contributed by atoms with Crippen LogP contribution >= 0.6 is 15.9 Å². The molecule has 0 amide bonds. The van der Waals surface area contributed by atoms with E-state index >= 15 is 0 Å². The summed E-state index contributed by atoms with van der Waals surface area (Å²) < 4.78 is 0.397. The maximum atomic E-state index is 11.1. The van der Waals surface area contributed by atoms with Crippen LogP contribution in [0.15, 0.2) is 10.7 Å². The van der Waals surface area contributed by atoms with Crippen LogP contribution in [0.5, 0.6) is 0 Å². The molecule has 0 spiro atoms. The highest BCUT2D eigenvalue weighted by molar-refractivity contribution is 9.10. The summed E-state index contributed by atoms with van der Waals surface area (Å²) in [5.74, 6) is -0.870. The van der Waals surface area contributed by atoms with Crippen molar-refractivity contribution in [2.45, 2.75) is 26.8 Å². The Morgan fingerprint density at radius 3 is 2.58 bits per heavy atom. The Hall–Kier alpha value is -1.70. The third kappa shape index (κ3) is 3.40. The van der Waals surface area contributed by atoms with E-state index in [-0.39, 0.29) is 17.4 Å². The van der Waals surface area contributed by atoms with Crippen molar-refractivity contribution in [2.24, 2.45) is 5.92 Å². The molecule has 7 nitrogen and oxygen atoms in total. The lowest BCUT2D eigenvalue weighted by atomic mass is 10.0. The van der Waals surface area contributed by atoms with E-state index in [9.17, 15) is 14.9 Å². The van der Waals surface area contributed by atoms with Crippen molar-refractivity contribution in [1.82, 2.24) is 4.98 Å². The van der Waals surface area contributed by atoms with Gasteiger partial charge in [-0.05, 0) is 28.8 Å². The number of hydrogen-bond donors (Lipinski definition) is 2. The molecule has 0 radical (unpaired) electrons. The SMILES string of the molecule is Cc1c([N+](=O)[O-])cnc(N[C@@H](C(=O)O)C(C)C)c1Br. The lowest BCUT2D eigenvalue weighted by molar-refractivity contribution is -0.385. The Balaban J connectivity index is 3.13.